The molecule has 1 aromatic rings. The van der Waals surface area contributed by atoms with Crippen LogP contribution in [0.25, 0.3) is 0 Å². The number of nitriles is 1. The number of rotatable bonds is 3. The number of aromatic nitrogens is 1. The minimum Gasteiger partial charge on any atom is -0.444 e. The van der Waals surface area contributed by atoms with Crippen molar-refractivity contribution >= 4 is 23.5 Å². The van der Waals surface area contributed by atoms with Crippen LogP contribution in [0.3, 0.4) is 0 Å². The van der Waals surface area contributed by atoms with Gasteiger partial charge in [-0.15, -0.1) is 0 Å². The van der Waals surface area contributed by atoms with E-state index in [9.17, 15) is 9.18 Å². The van der Waals surface area contributed by atoms with Gasteiger partial charge in [0.25, 0.3) is 0 Å². The number of hydrogen-bond acceptors (Lipinski definition) is 6. The number of anilines is 1. The number of hydrogen-bond donors (Lipinski definition) is 1. The Hall–Kier alpha value is -2.01. The lowest BCUT2D eigenvalue weighted by Crippen LogP contribution is -2.52. The molecule has 1 fully saturated rings. The molecule has 1 N–H and O–H groups in total. The summed E-state index contributed by atoms with van der Waals surface area (Å²) in [5.74, 6) is 0. The summed E-state index contributed by atoms with van der Waals surface area (Å²) in [7, 11) is 0. The van der Waals surface area contributed by atoms with Crippen LogP contribution in [-0.2, 0) is 4.74 Å². The van der Waals surface area contributed by atoms with Crippen LogP contribution in [0.15, 0.2) is 23.4 Å². The topological polar surface area (TPSA) is 78.2 Å². The fraction of sp³-hybridized carbons (Fsp3) is 0.562. The van der Waals surface area contributed by atoms with Gasteiger partial charge < -0.3 is 15.0 Å². The number of nitrogens with one attached hydrogen (secondary N) is 1. The largest absolute Gasteiger partial charge is 0.444 e. The second-order valence-corrected chi connectivity index (χ2v) is 7.44. The van der Waals surface area contributed by atoms with Gasteiger partial charge in [-0.2, -0.15) is 5.26 Å². The number of thioether (sulfide) groups is 1. The number of nitrogens with zero attached hydrogens (tertiary/aromatic N) is 3. The van der Waals surface area contributed by atoms with Crippen LogP contribution >= 0.6 is 11.8 Å². The molecule has 6 nitrogen and oxygen atoms in total. The quantitative estimate of drug-likeness (QED) is 0.665. The van der Waals surface area contributed by atoms with Crippen molar-refractivity contribution in [3.8, 4) is 5.40 Å². The molecule has 8 heteroatoms. The molecule has 2 heterocycles. The molecule has 0 aromatic carbocycles. The predicted molar refractivity (Wildman–Crippen MR) is 90.6 cm³/mol. The third kappa shape index (κ3) is 5.27. The molecule has 1 unspecified atom stereocenters. The third-order valence-electron chi connectivity index (χ3n) is 3.38. The number of alkyl halides is 1. The Labute approximate surface area is 145 Å². The molecular formula is C16H21FN4O2S. The number of pyridine rings is 1. The fourth-order valence-electron chi connectivity index (χ4n) is 2.57. The zero-order chi connectivity index (χ0) is 17.7. The highest BCUT2D eigenvalue weighted by molar-refractivity contribution is 8.03. The van der Waals surface area contributed by atoms with Crippen molar-refractivity contribution in [3.05, 3.63) is 18.5 Å². The maximum absolute atomic E-state index is 14.2. The van der Waals surface area contributed by atoms with Gasteiger partial charge in [0.15, 0.2) is 0 Å². The predicted octanol–water partition coefficient (Wildman–Crippen LogP) is 3.10. The van der Waals surface area contributed by atoms with Crippen LogP contribution in [0, 0.1) is 10.7 Å². The van der Waals surface area contributed by atoms with Crippen molar-refractivity contribution in [1.29, 1.82) is 5.26 Å². The van der Waals surface area contributed by atoms with Crippen LogP contribution in [0.4, 0.5) is 14.9 Å². The lowest BCUT2D eigenvalue weighted by Gasteiger charge is -2.37. The van der Waals surface area contributed by atoms with Crippen molar-refractivity contribution in [2.24, 2.45) is 0 Å². The average Bonchev–Trinajstić information content (AvgIpc) is 2.45. The van der Waals surface area contributed by atoms with Gasteiger partial charge in [0.2, 0.25) is 0 Å². The molecular weight excluding hydrogens is 331 g/mol. The summed E-state index contributed by atoms with van der Waals surface area (Å²) in [6.07, 6.45) is 1.80. The SMILES string of the molecule is CC(C)(C)OC(=O)NC1C[C@@H](F)CN(c2ccncc2SC#N)C1. The summed E-state index contributed by atoms with van der Waals surface area (Å²) >= 11 is 0.987. The monoisotopic (exact) mass is 352 g/mol. The maximum atomic E-state index is 14.2. The highest BCUT2D eigenvalue weighted by Crippen LogP contribution is 2.31. The molecule has 0 bridgehead atoms. The minimum atomic E-state index is -1.08. The zero-order valence-corrected chi connectivity index (χ0v) is 14.8. The number of carbonyl (C=O) groups is 1. The van der Waals surface area contributed by atoms with E-state index in [1.807, 2.05) is 10.3 Å². The first kappa shape index (κ1) is 18.3. The van der Waals surface area contributed by atoms with Crippen molar-refractivity contribution in [1.82, 2.24) is 10.3 Å². The molecule has 130 valence electrons. The van der Waals surface area contributed by atoms with Crippen LogP contribution in [0.5, 0.6) is 0 Å². The van der Waals surface area contributed by atoms with E-state index in [-0.39, 0.29) is 19.0 Å². The van der Waals surface area contributed by atoms with Crippen LogP contribution < -0.4 is 10.2 Å². The molecule has 0 aliphatic carbocycles. The smallest absolute Gasteiger partial charge is 0.407 e. The number of thiocyanates is 1. The van der Waals surface area contributed by atoms with E-state index >= 15 is 0 Å². The van der Waals surface area contributed by atoms with Gasteiger partial charge >= 0.3 is 6.09 Å². The first-order chi connectivity index (χ1) is 11.3. The van der Waals surface area contributed by atoms with Gasteiger partial charge in [-0.25, -0.2) is 9.18 Å². The van der Waals surface area contributed by atoms with Gasteiger partial charge in [-0.1, -0.05) is 0 Å². The molecule has 0 spiro atoms. The summed E-state index contributed by atoms with van der Waals surface area (Å²) in [6.45, 7) is 6.00. The summed E-state index contributed by atoms with van der Waals surface area (Å²) in [5, 5.41) is 13.6. The molecule has 1 amide bonds. The number of alkyl carbamates (subject to hydrolysis) is 1. The first-order valence-corrected chi connectivity index (χ1v) is 8.48. The molecule has 1 aliphatic heterocycles. The molecule has 0 saturated carbocycles. The van der Waals surface area contributed by atoms with E-state index in [1.165, 1.54) is 0 Å². The van der Waals surface area contributed by atoms with Gasteiger partial charge in [0.05, 0.1) is 16.6 Å². The van der Waals surface area contributed by atoms with Crippen LogP contribution in [0.1, 0.15) is 27.2 Å². The molecule has 2 rings (SSSR count). The first-order valence-electron chi connectivity index (χ1n) is 7.67. The standard InChI is InChI=1S/C16H21FN4O2S/c1-16(2,3)23-15(22)20-12-6-11(17)8-21(9-12)13-4-5-19-7-14(13)24-10-18/h4-5,7,11-12H,6,8-9H2,1-3H3,(H,20,22)/t11-,12?/m1/s1. The second kappa shape index (κ2) is 7.71. The van der Waals surface area contributed by atoms with E-state index in [1.54, 1.807) is 39.2 Å². The molecule has 2 atom stereocenters. The molecule has 1 aromatic heterocycles. The van der Waals surface area contributed by atoms with Gasteiger partial charge in [0.1, 0.15) is 17.2 Å². The summed E-state index contributed by atoms with van der Waals surface area (Å²) in [6, 6.07) is 1.39. The van der Waals surface area contributed by atoms with Gasteiger partial charge in [-0.3, -0.25) is 4.98 Å². The molecule has 0 radical (unpaired) electrons. The summed E-state index contributed by atoms with van der Waals surface area (Å²) < 4.78 is 19.4. The Bertz CT molecular complexity index is 629. The number of ether oxygens (including phenoxy) is 1. The Kier molecular flexibility index (Phi) is 5.89. The lowest BCUT2D eigenvalue weighted by molar-refractivity contribution is 0.0491. The van der Waals surface area contributed by atoms with E-state index in [0.717, 1.165) is 17.4 Å². The van der Waals surface area contributed by atoms with Gasteiger partial charge in [-0.05, 0) is 38.6 Å². The Balaban J connectivity index is 2.08. The number of halogens is 1. The van der Waals surface area contributed by atoms with E-state index in [0.29, 0.717) is 11.4 Å². The van der Waals surface area contributed by atoms with E-state index < -0.39 is 17.9 Å². The number of carbonyl (C=O) groups excluding carboxylic acids is 1. The summed E-state index contributed by atoms with van der Waals surface area (Å²) in [5.41, 5.74) is 0.143. The van der Waals surface area contributed by atoms with Gasteiger partial charge in [0, 0.05) is 31.9 Å². The summed E-state index contributed by atoms with van der Waals surface area (Å²) in [4.78, 5) is 18.4. The third-order valence-corrected chi connectivity index (χ3v) is 4.01. The van der Waals surface area contributed by atoms with Crippen LogP contribution in [-0.4, -0.2) is 42.0 Å². The maximum Gasteiger partial charge on any atom is 0.407 e. The number of piperidine rings is 1. The van der Waals surface area contributed by atoms with Crippen LogP contribution in [0.2, 0.25) is 0 Å². The Morgan fingerprint density at radius 3 is 2.96 bits per heavy atom. The Morgan fingerprint density at radius 1 is 1.54 bits per heavy atom. The zero-order valence-electron chi connectivity index (χ0n) is 14.0. The second-order valence-electron chi connectivity index (χ2n) is 6.62. The highest BCUT2D eigenvalue weighted by Gasteiger charge is 2.30. The van der Waals surface area contributed by atoms with E-state index in [4.69, 9.17) is 10.00 Å². The van der Waals surface area contributed by atoms with Crippen molar-refractivity contribution in [2.75, 3.05) is 18.0 Å². The highest BCUT2D eigenvalue weighted by atomic mass is 32.2. The molecule has 1 saturated heterocycles. The molecule has 1 aliphatic rings. The number of amides is 1. The van der Waals surface area contributed by atoms with Crippen molar-refractivity contribution in [2.45, 2.75) is 49.9 Å². The van der Waals surface area contributed by atoms with Crippen molar-refractivity contribution < 1.29 is 13.9 Å². The normalized spacial score (nSPS) is 21.0. The lowest BCUT2D eigenvalue weighted by atomic mass is 10.0. The van der Waals surface area contributed by atoms with E-state index in [2.05, 4.69) is 10.3 Å². The average molecular weight is 352 g/mol. The van der Waals surface area contributed by atoms with Crippen molar-refractivity contribution in [3.63, 3.8) is 0 Å². The Morgan fingerprint density at radius 2 is 2.29 bits per heavy atom. The molecule has 24 heavy (non-hydrogen) atoms. The fourth-order valence-corrected chi connectivity index (χ4v) is 3.09. The minimum absolute atomic E-state index is 0.218.